The van der Waals surface area contributed by atoms with E-state index < -0.39 is 7.65 Å². The molecular formula is C9H11ClNO2P. The zero-order chi connectivity index (χ0) is 9.97. The van der Waals surface area contributed by atoms with Crippen LogP contribution < -0.4 is 9.41 Å². The first-order valence-electron chi connectivity index (χ1n) is 4.31. The normalized spacial score (nSPS) is 21.3. The maximum Gasteiger partial charge on any atom is 0.236 e. The molecule has 0 amide bonds. The van der Waals surface area contributed by atoms with Crippen molar-refractivity contribution in [3.8, 4) is 5.75 Å². The number of hydrogen-bond donors (Lipinski definition) is 0. The number of nitrogens with zero attached hydrogens (tertiary/aromatic N) is 1. The second-order valence-electron chi connectivity index (χ2n) is 2.88. The van der Waals surface area contributed by atoms with Crippen molar-refractivity contribution in [2.45, 2.75) is 0 Å². The van der Waals surface area contributed by atoms with Gasteiger partial charge in [0.2, 0.25) is 7.65 Å². The first kappa shape index (κ1) is 10.0. The average molecular weight is 232 g/mol. The molecule has 2 rings (SSSR count). The molecule has 0 aromatic heterocycles. The molecule has 0 aliphatic carbocycles. The fraction of sp³-hybridized carbons (Fsp3) is 0.333. The third kappa shape index (κ3) is 1.95. The molecule has 1 saturated heterocycles. The molecule has 0 bridgehead atoms. The molecule has 1 atom stereocenters. The van der Waals surface area contributed by atoms with E-state index in [9.17, 15) is 0 Å². The van der Waals surface area contributed by atoms with Crippen molar-refractivity contribution < 1.29 is 9.26 Å². The molecule has 0 radical (unpaired) electrons. The summed E-state index contributed by atoms with van der Waals surface area (Å²) >= 11 is 6.02. The Labute approximate surface area is 89.2 Å². The topological polar surface area (TPSA) is 21.7 Å². The Morgan fingerprint density at radius 2 is 2.14 bits per heavy atom. The van der Waals surface area contributed by atoms with Gasteiger partial charge in [0, 0.05) is 12.2 Å². The van der Waals surface area contributed by atoms with Gasteiger partial charge in [0.05, 0.1) is 13.7 Å². The maximum atomic E-state index is 6.02. The van der Waals surface area contributed by atoms with Gasteiger partial charge in [-0.2, -0.15) is 0 Å². The lowest BCUT2D eigenvalue weighted by atomic mass is 10.3. The fourth-order valence-corrected chi connectivity index (χ4v) is 2.95. The number of anilines is 1. The minimum atomic E-state index is -0.954. The lowest BCUT2D eigenvalue weighted by Gasteiger charge is -2.18. The van der Waals surface area contributed by atoms with Gasteiger partial charge in [0.1, 0.15) is 5.75 Å². The van der Waals surface area contributed by atoms with Crippen molar-refractivity contribution in [3.63, 3.8) is 0 Å². The monoisotopic (exact) mass is 231 g/mol. The molecule has 1 aliphatic rings. The number of rotatable bonds is 2. The van der Waals surface area contributed by atoms with E-state index in [2.05, 4.69) is 4.67 Å². The van der Waals surface area contributed by atoms with Gasteiger partial charge in [0.25, 0.3) is 0 Å². The van der Waals surface area contributed by atoms with Crippen LogP contribution in [0.5, 0.6) is 5.75 Å². The van der Waals surface area contributed by atoms with Gasteiger partial charge in [-0.1, -0.05) is 0 Å². The standard InChI is InChI=1S/C9H11ClNO2P/c1-12-9-4-2-8(3-5-9)11-6-7-13-14(11)10/h2-5H,6-7H2,1H3. The van der Waals surface area contributed by atoms with E-state index in [1.165, 1.54) is 0 Å². The summed E-state index contributed by atoms with van der Waals surface area (Å²) in [6.45, 7) is 1.57. The highest BCUT2D eigenvalue weighted by atomic mass is 35.7. The van der Waals surface area contributed by atoms with Crippen LogP contribution in [0.1, 0.15) is 0 Å². The van der Waals surface area contributed by atoms with Crippen LogP contribution in [-0.2, 0) is 4.52 Å². The van der Waals surface area contributed by atoms with Crippen LogP contribution in [-0.4, -0.2) is 20.3 Å². The highest BCUT2D eigenvalue weighted by Crippen LogP contribution is 2.52. The van der Waals surface area contributed by atoms with Crippen LogP contribution >= 0.6 is 18.9 Å². The van der Waals surface area contributed by atoms with Crippen LogP contribution in [0.15, 0.2) is 24.3 Å². The third-order valence-electron chi connectivity index (χ3n) is 2.06. The zero-order valence-electron chi connectivity index (χ0n) is 7.81. The highest BCUT2D eigenvalue weighted by molar-refractivity contribution is 7.81. The zero-order valence-corrected chi connectivity index (χ0v) is 9.46. The number of halogens is 1. The summed E-state index contributed by atoms with van der Waals surface area (Å²) in [6, 6.07) is 7.83. The van der Waals surface area contributed by atoms with Crippen LogP contribution in [0.25, 0.3) is 0 Å². The van der Waals surface area contributed by atoms with Crippen LogP contribution in [0.2, 0.25) is 0 Å². The van der Waals surface area contributed by atoms with Gasteiger partial charge in [0.15, 0.2) is 0 Å². The summed E-state index contributed by atoms with van der Waals surface area (Å²) in [4.78, 5) is 0. The van der Waals surface area contributed by atoms with Gasteiger partial charge < -0.3 is 13.9 Å². The molecule has 1 aromatic rings. The van der Waals surface area contributed by atoms with Gasteiger partial charge in [-0.25, -0.2) is 0 Å². The summed E-state index contributed by atoms with van der Waals surface area (Å²) in [5.74, 6) is 0.854. The Morgan fingerprint density at radius 1 is 1.43 bits per heavy atom. The summed E-state index contributed by atoms with van der Waals surface area (Å²) in [7, 11) is 0.701. The van der Waals surface area contributed by atoms with Gasteiger partial charge >= 0.3 is 0 Å². The quantitative estimate of drug-likeness (QED) is 0.731. The molecule has 3 nitrogen and oxygen atoms in total. The Balaban J connectivity index is 2.16. The van der Waals surface area contributed by atoms with Crippen molar-refractivity contribution in [1.29, 1.82) is 0 Å². The second-order valence-corrected chi connectivity index (χ2v) is 4.94. The van der Waals surface area contributed by atoms with E-state index in [4.69, 9.17) is 20.5 Å². The van der Waals surface area contributed by atoms with Gasteiger partial charge in [-0.05, 0) is 35.5 Å². The van der Waals surface area contributed by atoms with E-state index in [-0.39, 0.29) is 0 Å². The van der Waals surface area contributed by atoms with E-state index in [1.54, 1.807) is 7.11 Å². The highest BCUT2D eigenvalue weighted by Gasteiger charge is 2.24. The number of methoxy groups -OCH3 is 1. The summed E-state index contributed by atoms with van der Waals surface area (Å²) < 4.78 is 12.4. The summed E-state index contributed by atoms with van der Waals surface area (Å²) in [6.07, 6.45) is 0. The first-order valence-corrected chi connectivity index (χ1v) is 6.43. The molecule has 14 heavy (non-hydrogen) atoms. The third-order valence-corrected chi connectivity index (χ3v) is 4.11. The van der Waals surface area contributed by atoms with Gasteiger partial charge in [-0.3, -0.25) is 0 Å². The summed E-state index contributed by atoms with van der Waals surface area (Å²) in [5, 5.41) is 0. The Bertz CT molecular complexity index is 306. The lowest BCUT2D eigenvalue weighted by Crippen LogP contribution is -2.10. The molecule has 1 unspecified atom stereocenters. The molecule has 1 fully saturated rings. The lowest BCUT2D eigenvalue weighted by molar-refractivity contribution is 0.405. The van der Waals surface area contributed by atoms with E-state index in [0.29, 0.717) is 6.61 Å². The SMILES string of the molecule is COc1ccc(N2CCOP2Cl)cc1. The second kappa shape index (κ2) is 4.35. The smallest absolute Gasteiger partial charge is 0.236 e. The van der Waals surface area contributed by atoms with Crippen molar-refractivity contribution in [2.75, 3.05) is 24.9 Å². The van der Waals surface area contributed by atoms with Crippen molar-refractivity contribution >= 4 is 24.6 Å². The summed E-state index contributed by atoms with van der Waals surface area (Å²) in [5.41, 5.74) is 1.09. The Kier molecular flexibility index (Phi) is 3.12. The van der Waals surface area contributed by atoms with Crippen LogP contribution in [0.4, 0.5) is 5.69 Å². The minimum absolute atomic E-state index is 0.710. The van der Waals surface area contributed by atoms with E-state index in [1.807, 2.05) is 24.3 Å². The predicted octanol–water partition coefficient (Wildman–Crippen LogP) is 3.00. The molecule has 1 heterocycles. The number of hydrogen-bond acceptors (Lipinski definition) is 3. The van der Waals surface area contributed by atoms with Crippen molar-refractivity contribution in [3.05, 3.63) is 24.3 Å². The maximum absolute atomic E-state index is 6.02. The Morgan fingerprint density at radius 3 is 2.64 bits per heavy atom. The molecule has 1 aliphatic heterocycles. The van der Waals surface area contributed by atoms with Crippen LogP contribution in [0.3, 0.4) is 0 Å². The van der Waals surface area contributed by atoms with E-state index >= 15 is 0 Å². The molecule has 5 heteroatoms. The Hall–Kier alpha value is -0.500. The minimum Gasteiger partial charge on any atom is -0.497 e. The number of benzene rings is 1. The first-order chi connectivity index (χ1) is 6.81. The van der Waals surface area contributed by atoms with Crippen LogP contribution in [0, 0.1) is 0 Å². The fourth-order valence-electron chi connectivity index (χ4n) is 1.33. The number of ether oxygens (including phenoxy) is 1. The van der Waals surface area contributed by atoms with Crippen molar-refractivity contribution in [1.82, 2.24) is 0 Å². The molecule has 1 aromatic carbocycles. The predicted molar refractivity (Wildman–Crippen MR) is 59.1 cm³/mol. The van der Waals surface area contributed by atoms with Crippen molar-refractivity contribution in [2.24, 2.45) is 0 Å². The largest absolute Gasteiger partial charge is 0.497 e. The molecule has 0 spiro atoms. The average Bonchev–Trinajstić information content (AvgIpc) is 2.65. The molecule has 0 saturated carbocycles. The molecule has 76 valence electrons. The molecule has 0 N–H and O–H groups in total. The van der Waals surface area contributed by atoms with Gasteiger partial charge in [-0.15, -0.1) is 0 Å². The molecular weight excluding hydrogens is 221 g/mol. The van der Waals surface area contributed by atoms with E-state index in [0.717, 1.165) is 18.0 Å².